The first-order chi connectivity index (χ1) is 17.5. The third-order valence-corrected chi connectivity index (χ3v) is 6.47. The number of benzene rings is 2. The predicted molar refractivity (Wildman–Crippen MR) is 136 cm³/mol. The lowest BCUT2D eigenvalue weighted by Crippen LogP contribution is -2.33. The van der Waals surface area contributed by atoms with E-state index < -0.39 is 21.8 Å². The molecule has 0 saturated heterocycles. The average Bonchev–Trinajstić information content (AvgIpc) is 3.21. The van der Waals surface area contributed by atoms with E-state index in [1.54, 1.807) is 18.5 Å². The number of rotatable bonds is 10. The standard InChI is InChI=1S/C23H25N7O6S/c1-13(2)20(25-22(32)15-6-5-7-16(11-15)29(33)34)21-26-27-23(28(21)4)37-12-19(31)24-18-9-8-17(30(35)36)10-14(18)3/h5-11,13,20H,12H2,1-4H3,(H,24,31)(H,25,32)/t20-/m0/s1. The molecular weight excluding hydrogens is 502 g/mol. The van der Waals surface area contributed by atoms with Gasteiger partial charge in [-0.3, -0.25) is 29.8 Å². The Morgan fingerprint density at radius 2 is 1.73 bits per heavy atom. The van der Waals surface area contributed by atoms with Gasteiger partial charge in [0.25, 0.3) is 17.3 Å². The van der Waals surface area contributed by atoms with E-state index >= 15 is 0 Å². The molecule has 1 atom stereocenters. The molecule has 0 aliphatic rings. The van der Waals surface area contributed by atoms with Gasteiger partial charge in [0, 0.05) is 42.6 Å². The van der Waals surface area contributed by atoms with Crippen LogP contribution in [0.5, 0.6) is 0 Å². The second kappa shape index (κ2) is 11.6. The first-order valence-electron chi connectivity index (χ1n) is 11.1. The summed E-state index contributed by atoms with van der Waals surface area (Å²) in [5.41, 5.74) is 0.934. The van der Waals surface area contributed by atoms with Crippen molar-refractivity contribution in [1.82, 2.24) is 20.1 Å². The van der Waals surface area contributed by atoms with Crippen LogP contribution >= 0.6 is 11.8 Å². The summed E-state index contributed by atoms with van der Waals surface area (Å²) in [6.45, 7) is 5.44. The Hall–Kier alpha value is -4.33. The van der Waals surface area contributed by atoms with Crippen LogP contribution in [0.2, 0.25) is 0 Å². The van der Waals surface area contributed by atoms with Gasteiger partial charge >= 0.3 is 0 Å². The summed E-state index contributed by atoms with van der Waals surface area (Å²) < 4.78 is 1.67. The topological polar surface area (TPSA) is 175 Å². The average molecular weight is 528 g/mol. The highest BCUT2D eigenvalue weighted by Gasteiger charge is 2.26. The van der Waals surface area contributed by atoms with E-state index in [0.717, 1.165) is 11.8 Å². The number of carbonyl (C=O) groups is 2. The summed E-state index contributed by atoms with van der Waals surface area (Å²) >= 11 is 1.14. The maximum absolute atomic E-state index is 12.8. The Balaban J connectivity index is 1.68. The molecule has 0 spiro atoms. The van der Waals surface area contributed by atoms with Crippen molar-refractivity contribution in [2.24, 2.45) is 13.0 Å². The normalized spacial score (nSPS) is 11.7. The highest BCUT2D eigenvalue weighted by atomic mass is 32.2. The first-order valence-corrected chi connectivity index (χ1v) is 12.1. The van der Waals surface area contributed by atoms with E-state index in [1.807, 2.05) is 13.8 Å². The monoisotopic (exact) mass is 527 g/mol. The van der Waals surface area contributed by atoms with E-state index in [1.165, 1.54) is 42.5 Å². The molecule has 13 nitrogen and oxygen atoms in total. The van der Waals surface area contributed by atoms with Gasteiger partial charge in [0.05, 0.1) is 21.6 Å². The number of amides is 2. The Kier molecular flexibility index (Phi) is 8.55. The van der Waals surface area contributed by atoms with E-state index in [9.17, 15) is 29.8 Å². The number of hydrogen-bond acceptors (Lipinski definition) is 9. The van der Waals surface area contributed by atoms with E-state index in [2.05, 4.69) is 20.8 Å². The van der Waals surface area contributed by atoms with Crippen LogP contribution < -0.4 is 10.6 Å². The Labute approximate surface area is 216 Å². The van der Waals surface area contributed by atoms with Gasteiger partial charge < -0.3 is 15.2 Å². The fourth-order valence-corrected chi connectivity index (χ4v) is 4.17. The maximum Gasteiger partial charge on any atom is 0.270 e. The number of thioether (sulfide) groups is 1. The number of nitro groups is 2. The third-order valence-electron chi connectivity index (χ3n) is 5.45. The van der Waals surface area contributed by atoms with Gasteiger partial charge in [-0.25, -0.2) is 0 Å². The fourth-order valence-electron chi connectivity index (χ4n) is 3.46. The molecule has 2 N–H and O–H groups in total. The lowest BCUT2D eigenvalue weighted by molar-refractivity contribution is -0.385. The molecule has 0 aliphatic carbocycles. The van der Waals surface area contributed by atoms with E-state index in [-0.39, 0.29) is 34.5 Å². The molecule has 0 bridgehead atoms. The van der Waals surface area contributed by atoms with Gasteiger partial charge in [0.15, 0.2) is 11.0 Å². The molecule has 0 saturated carbocycles. The molecule has 14 heteroatoms. The molecule has 0 fully saturated rings. The zero-order chi connectivity index (χ0) is 27.3. The van der Waals surface area contributed by atoms with Gasteiger partial charge in [-0.1, -0.05) is 31.7 Å². The number of hydrogen-bond donors (Lipinski definition) is 2. The zero-order valence-corrected chi connectivity index (χ0v) is 21.3. The molecule has 0 aliphatic heterocycles. The summed E-state index contributed by atoms with van der Waals surface area (Å²) in [6.07, 6.45) is 0. The lowest BCUT2D eigenvalue weighted by Gasteiger charge is -2.21. The second-order valence-corrected chi connectivity index (χ2v) is 9.44. The van der Waals surface area contributed by atoms with Gasteiger partial charge in [0.1, 0.15) is 0 Å². The number of nitrogens with zero attached hydrogens (tertiary/aromatic N) is 5. The SMILES string of the molecule is Cc1cc([N+](=O)[O-])ccc1NC(=O)CSc1nnc([C@@H](NC(=O)c2cccc([N+](=O)[O-])c2)C(C)C)n1C. The molecule has 1 heterocycles. The van der Waals surface area contributed by atoms with Crippen LogP contribution in [0.4, 0.5) is 17.1 Å². The molecule has 3 aromatic rings. The van der Waals surface area contributed by atoms with Crippen LogP contribution in [-0.4, -0.2) is 42.2 Å². The molecule has 2 amide bonds. The van der Waals surface area contributed by atoms with Crippen molar-refractivity contribution in [3.8, 4) is 0 Å². The number of nitrogens with one attached hydrogen (secondary N) is 2. The number of non-ortho nitro benzene ring substituents is 2. The molecule has 0 unspecified atom stereocenters. The predicted octanol–water partition coefficient (Wildman–Crippen LogP) is 3.80. The van der Waals surface area contributed by atoms with Crippen LogP contribution in [-0.2, 0) is 11.8 Å². The smallest absolute Gasteiger partial charge is 0.270 e. The Morgan fingerprint density at radius 3 is 2.35 bits per heavy atom. The van der Waals surface area contributed by atoms with Crippen molar-refractivity contribution < 1.29 is 19.4 Å². The lowest BCUT2D eigenvalue weighted by atomic mass is 10.0. The number of carbonyl (C=O) groups excluding carboxylic acids is 2. The Morgan fingerprint density at radius 1 is 1.05 bits per heavy atom. The van der Waals surface area contributed by atoms with Crippen LogP contribution in [0.1, 0.15) is 41.6 Å². The second-order valence-electron chi connectivity index (χ2n) is 8.50. The van der Waals surface area contributed by atoms with Crippen LogP contribution in [0, 0.1) is 33.1 Å². The zero-order valence-electron chi connectivity index (χ0n) is 20.5. The molecule has 37 heavy (non-hydrogen) atoms. The van der Waals surface area contributed by atoms with Crippen molar-refractivity contribution in [2.75, 3.05) is 11.1 Å². The summed E-state index contributed by atoms with van der Waals surface area (Å²) in [7, 11) is 1.71. The van der Waals surface area contributed by atoms with E-state index in [0.29, 0.717) is 22.2 Å². The number of aromatic nitrogens is 3. The third kappa shape index (κ3) is 6.67. The summed E-state index contributed by atoms with van der Waals surface area (Å²) in [5, 5.41) is 36.3. The molecule has 3 rings (SSSR count). The van der Waals surface area contributed by atoms with Crippen LogP contribution in [0.15, 0.2) is 47.6 Å². The van der Waals surface area contributed by atoms with Crippen molar-refractivity contribution in [1.29, 1.82) is 0 Å². The Bertz CT molecular complexity index is 1360. The van der Waals surface area contributed by atoms with Gasteiger partial charge in [-0.15, -0.1) is 10.2 Å². The minimum absolute atomic E-state index is 0.00872. The number of anilines is 1. The minimum Gasteiger partial charge on any atom is -0.342 e. The van der Waals surface area contributed by atoms with Crippen LogP contribution in [0.3, 0.4) is 0 Å². The first kappa shape index (κ1) is 27.3. The quantitative estimate of drug-likeness (QED) is 0.226. The van der Waals surface area contributed by atoms with Crippen molar-refractivity contribution >= 4 is 40.6 Å². The van der Waals surface area contributed by atoms with E-state index in [4.69, 9.17) is 0 Å². The molecular formula is C23H25N7O6S. The molecule has 1 aromatic heterocycles. The molecule has 0 radical (unpaired) electrons. The number of aryl methyl sites for hydroxylation is 1. The highest BCUT2D eigenvalue weighted by Crippen LogP contribution is 2.26. The van der Waals surface area contributed by atoms with Crippen molar-refractivity contribution in [2.45, 2.75) is 32.0 Å². The maximum atomic E-state index is 12.8. The summed E-state index contributed by atoms with van der Waals surface area (Å²) in [5.74, 6) is -0.433. The largest absolute Gasteiger partial charge is 0.342 e. The van der Waals surface area contributed by atoms with Crippen molar-refractivity contribution in [3.63, 3.8) is 0 Å². The van der Waals surface area contributed by atoms with Crippen LogP contribution in [0.25, 0.3) is 0 Å². The minimum atomic E-state index is -0.567. The van der Waals surface area contributed by atoms with Crippen molar-refractivity contribution in [3.05, 3.63) is 79.6 Å². The van der Waals surface area contributed by atoms with Gasteiger partial charge in [0.2, 0.25) is 5.91 Å². The molecule has 194 valence electrons. The highest BCUT2D eigenvalue weighted by molar-refractivity contribution is 7.99. The number of nitro benzene ring substituents is 2. The van der Waals surface area contributed by atoms with Gasteiger partial charge in [-0.2, -0.15) is 0 Å². The fraction of sp³-hybridized carbons (Fsp3) is 0.304. The summed E-state index contributed by atoms with van der Waals surface area (Å²) in [4.78, 5) is 46.1. The summed E-state index contributed by atoms with van der Waals surface area (Å²) in [6, 6.07) is 9.08. The molecule has 2 aromatic carbocycles. The van der Waals surface area contributed by atoms with Gasteiger partial charge in [-0.05, 0) is 30.5 Å².